The van der Waals surface area contributed by atoms with Gasteiger partial charge in [0.1, 0.15) is 6.23 Å². The van der Waals surface area contributed by atoms with Crippen LogP contribution in [0, 0.1) is 0 Å². The van der Waals surface area contributed by atoms with E-state index in [1.165, 1.54) is 0 Å². The number of rotatable bonds is 3. The highest BCUT2D eigenvalue weighted by molar-refractivity contribution is 6.00. The van der Waals surface area contributed by atoms with Crippen molar-refractivity contribution in [2.24, 2.45) is 0 Å². The second-order valence-electron chi connectivity index (χ2n) is 7.62. The van der Waals surface area contributed by atoms with Crippen LogP contribution in [0.25, 0.3) is 0 Å². The highest BCUT2D eigenvalue weighted by Crippen LogP contribution is 2.57. The van der Waals surface area contributed by atoms with Crippen LogP contribution in [-0.4, -0.2) is 46.5 Å². The molecule has 6 heteroatoms. The molecule has 4 atom stereocenters. The summed E-state index contributed by atoms with van der Waals surface area (Å²) in [7, 11) is 0. The summed E-state index contributed by atoms with van der Waals surface area (Å²) in [5.41, 5.74) is -0.484. The summed E-state index contributed by atoms with van der Waals surface area (Å²) < 4.78 is 12.2. The lowest BCUT2D eigenvalue weighted by Gasteiger charge is -2.62. The molecule has 3 aliphatic heterocycles. The summed E-state index contributed by atoms with van der Waals surface area (Å²) in [6.45, 7) is 4.57. The Morgan fingerprint density at radius 1 is 1.00 bits per heavy atom. The predicted molar refractivity (Wildman–Crippen MR) is 101 cm³/mol. The Bertz CT molecular complexity index is 934. The molecule has 0 bridgehead atoms. The molecular formula is C22H22N2O4. The van der Waals surface area contributed by atoms with E-state index in [1.807, 2.05) is 67.6 Å². The molecule has 0 aliphatic carbocycles. The molecule has 3 fully saturated rings. The van der Waals surface area contributed by atoms with Gasteiger partial charge in [-0.15, -0.1) is 0 Å². The lowest BCUT2D eigenvalue weighted by molar-refractivity contribution is -0.256. The third kappa shape index (κ3) is 1.94. The van der Waals surface area contributed by atoms with Gasteiger partial charge >= 0.3 is 0 Å². The monoisotopic (exact) mass is 378 g/mol. The number of carbonyl (C=O) groups excluding carboxylic acids is 2. The van der Waals surface area contributed by atoms with Crippen LogP contribution in [0.3, 0.4) is 0 Å². The first kappa shape index (κ1) is 17.4. The summed E-state index contributed by atoms with van der Waals surface area (Å²) in [5, 5.41) is 0. The normalized spacial score (nSPS) is 34.5. The lowest BCUT2D eigenvalue weighted by atomic mass is 9.71. The first-order valence-electron chi connectivity index (χ1n) is 9.57. The minimum atomic E-state index is -1.16. The van der Waals surface area contributed by atoms with Crippen LogP contribution < -0.4 is 0 Å². The minimum Gasteiger partial charge on any atom is -0.347 e. The summed E-state index contributed by atoms with van der Waals surface area (Å²) >= 11 is 0. The fraction of sp³-hybridized carbons (Fsp3) is 0.364. The van der Waals surface area contributed by atoms with Gasteiger partial charge in [0.05, 0.1) is 6.61 Å². The largest absolute Gasteiger partial charge is 0.347 e. The molecule has 3 saturated heterocycles. The molecule has 0 spiro atoms. The Kier molecular flexibility index (Phi) is 3.66. The SMILES string of the molecule is C[C@H]1O[C@@H](c2ccccc2)C(=O)N1[C@]1(C)C(=O)N2CCO[C@@]21c1ccccc1. The van der Waals surface area contributed by atoms with Crippen LogP contribution in [0.1, 0.15) is 31.1 Å². The van der Waals surface area contributed by atoms with Crippen molar-refractivity contribution in [2.75, 3.05) is 13.2 Å². The van der Waals surface area contributed by atoms with Crippen LogP contribution >= 0.6 is 0 Å². The number of fused-ring (bicyclic) bond motifs is 1. The first-order valence-corrected chi connectivity index (χ1v) is 9.57. The van der Waals surface area contributed by atoms with Crippen LogP contribution in [-0.2, 0) is 24.8 Å². The van der Waals surface area contributed by atoms with Gasteiger partial charge in [-0.2, -0.15) is 0 Å². The highest BCUT2D eigenvalue weighted by Gasteiger charge is 2.77. The summed E-state index contributed by atoms with van der Waals surface area (Å²) in [6, 6.07) is 19.1. The molecule has 0 saturated carbocycles. The van der Waals surface area contributed by atoms with Crippen molar-refractivity contribution < 1.29 is 19.1 Å². The molecule has 0 radical (unpaired) electrons. The van der Waals surface area contributed by atoms with Gasteiger partial charge in [-0.1, -0.05) is 60.7 Å². The van der Waals surface area contributed by atoms with Crippen molar-refractivity contribution >= 4 is 11.8 Å². The Morgan fingerprint density at radius 2 is 1.64 bits per heavy atom. The Morgan fingerprint density at radius 3 is 2.32 bits per heavy atom. The van der Waals surface area contributed by atoms with Crippen LogP contribution in [0.2, 0.25) is 0 Å². The quantitative estimate of drug-likeness (QED) is 0.770. The molecule has 2 amide bonds. The number of hydrogen-bond donors (Lipinski definition) is 0. The Hall–Kier alpha value is -2.70. The zero-order valence-electron chi connectivity index (χ0n) is 15.9. The van der Waals surface area contributed by atoms with E-state index in [0.29, 0.717) is 13.2 Å². The van der Waals surface area contributed by atoms with Gasteiger partial charge in [0.2, 0.25) is 5.72 Å². The molecule has 0 unspecified atom stereocenters. The number of ether oxygens (including phenoxy) is 2. The highest BCUT2D eigenvalue weighted by atomic mass is 16.6. The number of β-lactam (4-membered cyclic amide) rings is 1. The molecule has 28 heavy (non-hydrogen) atoms. The number of benzene rings is 2. The van der Waals surface area contributed by atoms with Gasteiger partial charge in [-0.05, 0) is 19.4 Å². The lowest BCUT2D eigenvalue weighted by Crippen LogP contribution is -2.83. The van der Waals surface area contributed by atoms with Gasteiger partial charge in [0, 0.05) is 12.1 Å². The van der Waals surface area contributed by atoms with E-state index in [9.17, 15) is 9.59 Å². The number of hydrogen-bond acceptors (Lipinski definition) is 4. The number of carbonyl (C=O) groups is 2. The van der Waals surface area contributed by atoms with Crippen molar-refractivity contribution in [1.29, 1.82) is 0 Å². The van der Waals surface area contributed by atoms with E-state index in [1.54, 1.807) is 16.7 Å². The molecule has 144 valence electrons. The maximum absolute atomic E-state index is 13.4. The summed E-state index contributed by atoms with van der Waals surface area (Å²) in [4.78, 5) is 30.0. The van der Waals surface area contributed by atoms with Crippen LogP contribution in [0.4, 0.5) is 0 Å². The maximum Gasteiger partial charge on any atom is 0.259 e. The van der Waals surface area contributed by atoms with E-state index in [-0.39, 0.29) is 11.8 Å². The van der Waals surface area contributed by atoms with Crippen molar-refractivity contribution in [3.05, 3.63) is 71.8 Å². The Labute approximate surface area is 163 Å². The molecule has 2 aromatic rings. The molecule has 3 aliphatic rings. The molecule has 0 aromatic heterocycles. The second-order valence-corrected chi connectivity index (χ2v) is 7.62. The third-order valence-electron chi connectivity index (χ3n) is 6.23. The van der Waals surface area contributed by atoms with Gasteiger partial charge < -0.3 is 14.4 Å². The van der Waals surface area contributed by atoms with Crippen molar-refractivity contribution in [2.45, 2.75) is 37.4 Å². The predicted octanol–water partition coefficient (Wildman–Crippen LogP) is 2.42. The minimum absolute atomic E-state index is 0.105. The van der Waals surface area contributed by atoms with Crippen molar-refractivity contribution in [3.8, 4) is 0 Å². The number of amides is 2. The zero-order chi connectivity index (χ0) is 19.5. The van der Waals surface area contributed by atoms with E-state index >= 15 is 0 Å². The zero-order valence-corrected chi connectivity index (χ0v) is 15.9. The fourth-order valence-electron chi connectivity index (χ4n) is 5.03. The second kappa shape index (κ2) is 5.90. The van der Waals surface area contributed by atoms with Crippen molar-refractivity contribution in [3.63, 3.8) is 0 Å². The number of nitrogens with zero attached hydrogens (tertiary/aromatic N) is 2. The van der Waals surface area contributed by atoms with Crippen molar-refractivity contribution in [1.82, 2.24) is 9.80 Å². The molecule has 5 rings (SSSR count). The van der Waals surface area contributed by atoms with Gasteiger partial charge in [0.25, 0.3) is 11.8 Å². The van der Waals surface area contributed by atoms with Crippen LogP contribution in [0.5, 0.6) is 0 Å². The molecule has 0 N–H and O–H groups in total. The third-order valence-corrected chi connectivity index (χ3v) is 6.23. The average Bonchev–Trinajstić information content (AvgIpc) is 3.28. The fourth-order valence-corrected chi connectivity index (χ4v) is 5.03. The van der Waals surface area contributed by atoms with E-state index in [0.717, 1.165) is 11.1 Å². The van der Waals surface area contributed by atoms with Crippen LogP contribution in [0.15, 0.2) is 60.7 Å². The molecule has 3 heterocycles. The standard InChI is InChI=1S/C22H22N2O4/c1-15-24(19(25)18(28-15)16-9-5-3-6-10-16)21(2)20(26)23-13-14-27-22(21,23)17-11-7-4-8-12-17/h3-12,15,18H,13-14H2,1-2H3/t15-,18+,21-,22-/m1/s1. The van der Waals surface area contributed by atoms with Gasteiger partial charge in [0.15, 0.2) is 11.6 Å². The van der Waals surface area contributed by atoms with E-state index in [4.69, 9.17) is 9.47 Å². The molecule has 2 aromatic carbocycles. The van der Waals surface area contributed by atoms with E-state index in [2.05, 4.69) is 0 Å². The summed E-state index contributed by atoms with van der Waals surface area (Å²) in [5.74, 6) is -0.314. The average molecular weight is 378 g/mol. The summed E-state index contributed by atoms with van der Waals surface area (Å²) in [6.07, 6.45) is -1.26. The molecular weight excluding hydrogens is 356 g/mol. The van der Waals surface area contributed by atoms with E-state index < -0.39 is 23.6 Å². The Balaban J connectivity index is 1.59. The molecule has 6 nitrogen and oxygen atoms in total. The smallest absolute Gasteiger partial charge is 0.259 e. The first-order chi connectivity index (χ1) is 13.5. The maximum atomic E-state index is 13.4. The topological polar surface area (TPSA) is 59.1 Å². The van der Waals surface area contributed by atoms with Gasteiger partial charge in [-0.3, -0.25) is 14.5 Å². The van der Waals surface area contributed by atoms with Gasteiger partial charge in [-0.25, -0.2) is 0 Å².